The Hall–Kier alpha value is -2.08. The molecular formula is C9H9N3O3. The van der Waals surface area contributed by atoms with Gasteiger partial charge in [-0.2, -0.15) is 0 Å². The summed E-state index contributed by atoms with van der Waals surface area (Å²) in [4.78, 5) is 22.6. The summed E-state index contributed by atoms with van der Waals surface area (Å²) in [7, 11) is 0. The standard InChI is InChI=1S/C9H9N3O3/c10-12-9(14)7-8(13)11-5-3-1-2-4-6(5)15-7/h1-4,7H,10H2,(H,11,13)(H,12,14). The number of hydrogen-bond acceptors (Lipinski definition) is 4. The molecule has 6 heteroatoms. The van der Waals surface area contributed by atoms with E-state index >= 15 is 0 Å². The van der Waals surface area contributed by atoms with E-state index in [1.807, 2.05) is 5.43 Å². The van der Waals surface area contributed by atoms with Crippen LogP contribution in [0.5, 0.6) is 5.75 Å². The van der Waals surface area contributed by atoms with Crippen LogP contribution in [0.4, 0.5) is 5.69 Å². The lowest BCUT2D eigenvalue weighted by Gasteiger charge is -2.24. The second-order valence-electron chi connectivity index (χ2n) is 2.99. The zero-order chi connectivity index (χ0) is 10.8. The fraction of sp³-hybridized carbons (Fsp3) is 0.111. The zero-order valence-corrected chi connectivity index (χ0v) is 7.69. The van der Waals surface area contributed by atoms with E-state index in [1.54, 1.807) is 24.3 Å². The van der Waals surface area contributed by atoms with Gasteiger partial charge in [0.15, 0.2) is 0 Å². The number of hydrogen-bond donors (Lipinski definition) is 3. The Balaban J connectivity index is 2.29. The van der Waals surface area contributed by atoms with E-state index in [1.165, 1.54) is 0 Å². The molecule has 1 unspecified atom stereocenters. The molecule has 78 valence electrons. The summed E-state index contributed by atoms with van der Waals surface area (Å²) < 4.78 is 5.19. The van der Waals surface area contributed by atoms with Crippen LogP contribution in [0, 0.1) is 0 Å². The monoisotopic (exact) mass is 207 g/mol. The quantitative estimate of drug-likeness (QED) is 0.247. The van der Waals surface area contributed by atoms with Crippen molar-refractivity contribution in [2.24, 2.45) is 5.84 Å². The molecule has 1 aliphatic heterocycles. The average Bonchev–Trinajstić information content (AvgIpc) is 2.27. The van der Waals surface area contributed by atoms with Gasteiger partial charge in [0, 0.05) is 0 Å². The third-order valence-corrected chi connectivity index (χ3v) is 2.01. The Labute approximate surface area is 85.4 Å². The number of nitrogens with one attached hydrogen (secondary N) is 2. The highest BCUT2D eigenvalue weighted by Crippen LogP contribution is 2.28. The number of nitrogens with two attached hydrogens (primary N) is 1. The van der Waals surface area contributed by atoms with Crippen molar-refractivity contribution in [1.82, 2.24) is 5.43 Å². The number of benzene rings is 1. The Morgan fingerprint density at radius 1 is 1.47 bits per heavy atom. The molecule has 0 fully saturated rings. The van der Waals surface area contributed by atoms with E-state index in [9.17, 15) is 9.59 Å². The van der Waals surface area contributed by atoms with Gasteiger partial charge in [-0.1, -0.05) is 12.1 Å². The summed E-state index contributed by atoms with van der Waals surface area (Å²) in [6, 6.07) is 6.84. The highest BCUT2D eigenvalue weighted by atomic mass is 16.5. The first-order valence-electron chi connectivity index (χ1n) is 4.29. The number of fused-ring (bicyclic) bond motifs is 1. The number of rotatable bonds is 1. The first-order valence-corrected chi connectivity index (χ1v) is 4.29. The van der Waals surface area contributed by atoms with Crippen LogP contribution < -0.4 is 21.3 Å². The third-order valence-electron chi connectivity index (χ3n) is 2.01. The molecule has 1 aromatic rings. The van der Waals surface area contributed by atoms with Crippen LogP contribution in [0.1, 0.15) is 0 Å². The van der Waals surface area contributed by atoms with Crippen LogP contribution in [0.2, 0.25) is 0 Å². The maximum absolute atomic E-state index is 11.4. The van der Waals surface area contributed by atoms with Gasteiger partial charge in [0.25, 0.3) is 17.9 Å². The summed E-state index contributed by atoms with van der Waals surface area (Å²) in [5.74, 6) is 4.17. The Bertz CT molecular complexity index is 419. The van der Waals surface area contributed by atoms with E-state index in [0.29, 0.717) is 11.4 Å². The van der Waals surface area contributed by atoms with Crippen molar-refractivity contribution in [3.8, 4) is 5.75 Å². The first kappa shape index (κ1) is 9.47. The van der Waals surface area contributed by atoms with E-state index < -0.39 is 17.9 Å². The molecule has 1 aliphatic rings. The lowest BCUT2D eigenvalue weighted by molar-refractivity contribution is -0.137. The minimum atomic E-state index is -1.23. The summed E-state index contributed by atoms with van der Waals surface area (Å²) >= 11 is 0. The molecule has 6 nitrogen and oxygen atoms in total. The maximum atomic E-state index is 11.4. The fourth-order valence-electron chi connectivity index (χ4n) is 1.30. The average molecular weight is 207 g/mol. The largest absolute Gasteiger partial charge is 0.468 e. The molecule has 1 heterocycles. The van der Waals surface area contributed by atoms with E-state index in [-0.39, 0.29) is 0 Å². The van der Waals surface area contributed by atoms with Crippen LogP contribution in [0.3, 0.4) is 0 Å². The van der Waals surface area contributed by atoms with Crippen LogP contribution in [-0.4, -0.2) is 17.9 Å². The second-order valence-corrected chi connectivity index (χ2v) is 2.99. The molecule has 15 heavy (non-hydrogen) atoms. The van der Waals surface area contributed by atoms with E-state index in [2.05, 4.69) is 5.32 Å². The van der Waals surface area contributed by atoms with Crippen LogP contribution >= 0.6 is 0 Å². The molecule has 0 bridgehead atoms. The van der Waals surface area contributed by atoms with Crippen molar-refractivity contribution in [3.05, 3.63) is 24.3 Å². The number of amides is 2. The molecule has 4 N–H and O–H groups in total. The number of anilines is 1. The number of ether oxygens (including phenoxy) is 1. The van der Waals surface area contributed by atoms with Gasteiger partial charge in [-0.25, -0.2) is 5.84 Å². The van der Waals surface area contributed by atoms with Gasteiger partial charge in [-0.05, 0) is 12.1 Å². The smallest absolute Gasteiger partial charge is 0.284 e. The molecular weight excluding hydrogens is 198 g/mol. The van der Waals surface area contributed by atoms with Crippen LogP contribution in [0.25, 0.3) is 0 Å². The lowest BCUT2D eigenvalue weighted by Crippen LogP contribution is -2.50. The Morgan fingerprint density at radius 3 is 2.93 bits per heavy atom. The predicted molar refractivity (Wildman–Crippen MR) is 51.8 cm³/mol. The molecule has 2 amide bonds. The SMILES string of the molecule is NNC(=O)C1Oc2ccccc2NC1=O. The summed E-state index contributed by atoms with van der Waals surface area (Å²) in [6.07, 6.45) is -1.23. The van der Waals surface area contributed by atoms with Crippen molar-refractivity contribution in [2.45, 2.75) is 6.10 Å². The van der Waals surface area contributed by atoms with Gasteiger partial charge in [0.1, 0.15) is 5.75 Å². The van der Waals surface area contributed by atoms with Crippen molar-refractivity contribution >= 4 is 17.5 Å². The highest BCUT2D eigenvalue weighted by molar-refractivity contribution is 6.11. The van der Waals surface area contributed by atoms with Crippen molar-refractivity contribution in [2.75, 3.05) is 5.32 Å². The van der Waals surface area contributed by atoms with Gasteiger partial charge >= 0.3 is 0 Å². The summed E-state index contributed by atoms with van der Waals surface area (Å²) in [6.45, 7) is 0. The molecule has 0 aliphatic carbocycles. The van der Waals surface area contributed by atoms with Gasteiger partial charge in [-0.15, -0.1) is 0 Å². The van der Waals surface area contributed by atoms with Gasteiger partial charge < -0.3 is 10.1 Å². The molecule has 0 radical (unpaired) electrons. The van der Waals surface area contributed by atoms with E-state index in [4.69, 9.17) is 10.6 Å². The minimum absolute atomic E-state index is 0.450. The lowest BCUT2D eigenvalue weighted by atomic mass is 10.2. The molecule has 0 saturated carbocycles. The summed E-state index contributed by atoms with van der Waals surface area (Å²) in [5.41, 5.74) is 2.42. The van der Waals surface area contributed by atoms with Gasteiger partial charge in [-0.3, -0.25) is 15.0 Å². The fourth-order valence-corrected chi connectivity index (χ4v) is 1.30. The third kappa shape index (κ3) is 1.62. The minimum Gasteiger partial charge on any atom is -0.468 e. The zero-order valence-electron chi connectivity index (χ0n) is 7.69. The molecule has 2 rings (SSSR count). The second kappa shape index (κ2) is 3.58. The molecule has 0 saturated heterocycles. The van der Waals surface area contributed by atoms with Crippen molar-refractivity contribution in [3.63, 3.8) is 0 Å². The molecule has 0 spiro atoms. The number of carbonyl (C=O) groups excluding carboxylic acids is 2. The topological polar surface area (TPSA) is 93.4 Å². The van der Waals surface area contributed by atoms with Gasteiger partial charge in [0.05, 0.1) is 5.69 Å². The summed E-state index contributed by atoms with van der Waals surface area (Å²) in [5, 5.41) is 2.54. The normalized spacial score (nSPS) is 18.5. The predicted octanol–water partition coefficient (Wildman–Crippen LogP) is -0.624. The maximum Gasteiger partial charge on any atom is 0.284 e. The molecule has 1 aromatic carbocycles. The number of carbonyl (C=O) groups is 2. The number of para-hydroxylation sites is 2. The molecule has 0 aromatic heterocycles. The Morgan fingerprint density at radius 2 is 2.20 bits per heavy atom. The van der Waals surface area contributed by atoms with E-state index in [0.717, 1.165) is 0 Å². The van der Waals surface area contributed by atoms with Crippen LogP contribution in [-0.2, 0) is 9.59 Å². The highest BCUT2D eigenvalue weighted by Gasteiger charge is 2.33. The first-order chi connectivity index (χ1) is 7.22. The number of hydrazine groups is 1. The molecule has 1 atom stereocenters. The Kier molecular flexibility index (Phi) is 2.26. The van der Waals surface area contributed by atoms with Crippen molar-refractivity contribution in [1.29, 1.82) is 0 Å². The van der Waals surface area contributed by atoms with Crippen LogP contribution in [0.15, 0.2) is 24.3 Å². The van der Waals surface area contributed by atoms with Gasteiger partial charge in [0.2, 0.25) is 0 Å². The van der Waals surface area contributed by atoms with Crippen molar-refractivity contribution < 1.29 is 14.3 Å².